The highest BCUT2D eigenvalue weighted by atomic mass is 31.1. The monoisotopic (exact) mass is 160 g/mol. The van der Waals surface area contributed by atoms with E-state index in [1.165, 1.54) is 0 Å². The molecule has 1 heterocycles. The van der Waals surface area contributed by atoms with Crippen molar-refractivity contribution in [1.82, 2.24) is 5.32 Å². The summed E-state index contributed by atoms with van der Waals surface area (Å²) in [5, 5.41) is 3.03. The Labute approximate surface area is 61.0 Å². The van der Waals surface area contributed by atoms with Crippen LogP contribution in [-0.4, -0.2) is 17.6 Å². The number of hydrogen-bond acceptors (Lipinski definition) is 2. The molecule has 2 unspecified atom stereocenters. The standard InChI is InChI=1S/C6H10NO2P/c8-10(9)5-6-1-3-7-4-2-6/h1,3,6-7H,2,4-5H2/p+1. The zero-order valence-electron chi connectivity index (χ0n) is 5.66. The Kier molecular flexibility index (Phi) is 2.84. The van der Waals surface area contributed by atoms with E-state index < -0.39 is 8.03 Å². The maximum atomic E-state index is 10.4. The van der Waals surface area contributed by atoms with Crippen LogP contribution in [0.1, 0.15) is 6.42 Å². The zero-order valence-corrected chi connectivity index (χ0v) is 6.55. The molecule has 0 fully saturated rings. The second kappa shape index (κ2) is 3.69. The van der Waals surface area contributed by atoms with Crippen LogP contribution in [0.15, 0.2) is 12.3 Å². The molecule has 0 aromatic heterocycles. The summed E-state index contributed by atoms with van der Waals surface area (Å²) < 4.78 is 10.4. The molecular formula is C6H11NO2P+. The molecule has 56 valence electrons. The van der Waals surface area contributed by atoms with E-state index >= 15 is 0 Å². The van der Waals surface area contributed by atoms with E-state index in [1.54, 1.807) is 0 Å². The molecule has 0 spiro atoms. The Morgan fingerprint density at radius 2 is 2.60 bits per heavy atom. The van der Waals surface area contributed by atoms with Gasteiger partial charge in [-0.3, -0.25) is 0 Å². The van der Waals surface area contributed by atoms with Crippen LogP contribution in [0.3, 0.4) is 0 Å². The van der Waals surface area contributed by atoms with Crippen LogP contribution < -0.4 is 5.32 Å². The average Bonchev–Trinajstić information content (AvgIpc) is 1.88. The lowest BCUT2D eigenvalue weighted by Crippen LogP contribution is -2.18. The first-order chi connectivity index (χ1) is 4.79. The number of allylic oxidation sites excluding steroid dienone is 1. The maximum absolute atomic E-state index is 10.4. The molecule has 0 saturated heterocycles. The molecule has 0 aliphatic carbocycles. The van der Waals surface area contributed by atoms with Gasteiger partial charge in [-0.05, 0) is 17.2 Å². The third kappa shape index (κ3) is 2.46. The third-order valence-electron chi connectivity index (χ3n) is 1.54. The molecule has 2 N–H and O–H groups in total. The van der Waals surface area contributed by atoms with E-state index in [9.17, 15) is 4.57 Å². The number of nitrogens with one attached hydrogen (secondary N) is 1. The van der Waals surface area contributed by atoms with Crippen molar-refractivity contribution < 1.29 is 9.46 Å². The Balaban J connectivity index is 2.33. The van der Waals surface area contributed by atoms with Gasteiger partial charge in [-0.25, -0.2) is 0 Å². The quantitative estimate of drug-likeness (QED) is 0.588. The van der Waals surface area contributed by atoms with Gasteiger partial charge < -0.3 is 5.32 Å². The molecule has 0 aromatic rings. The van der Waals surface area contributed by atoms with E-state index in [2.05, 4.69) is 5.32 Å². The fourth-order valence-corrected chi connectivity index (χ4v) is 1.71. The van der Waals surface area contributed by atoms with Crippen LogP contribution in [0.25, 0.3) is 0 Å². The van der Waals surface area contributed by atoms with Crippen LogP contribution in [0.2, 0.25) is 0 Å². The lowest BCUT2D eigenvalue weighted by atomic mass is 10.1. The Morgan fingerprint density at radius 3 is 3.10 bits per heavy atom. The normalized spacial score (nSPS) is 25.7. The van der Waals surface area contributed by atoms with Crippen LogP contribution in [-0.2, 0) is 4.57 Å². The molecular weight excluding hydrogens is 149 g/mol. The summed E-state index contributed by atoms with van der Waals surface area (Å²) >= 11 is 0. The lowest BCUT2D eigenvalue weighted by molar-refractivity contribution is 0.487. The fourth-order valence-electron chi connectivity index (χ4n) is 1.01. The molecule has 4 heteroatoms. The molecule has 1 aliphatic rings. The first kappa shape index (κ1) is 7.70. The van der Waals surface area contributed by atoms with Gasteiger partial charge in [0.25, 0.3) is 0 Å². The lowest BCUT2D eigenvalue weighted by Gasteiger charge is -2.11. The summed E-state index contributed by atoms with van der Waals surface area (Å²) in [5.41, 5.74) is 0. The van der Waals surface area contributed by atoms with Crippen molar-refractivity contribution >= 4 is 8.03 Å². The van der Waals surface area contributed by atoms with Crippen LogP contribution in [0.4, 0.5) is 0 Å². The van der Waals surface area contributed by atoms with Crippen LogP contribution in [0.5, 0.6) is 0 Å². The van der Waals surface area contributed by atoms with E-state index in [0.717, 1.165) is 13.0 Å². The minimum atomic E-state index is -1.95. The van der Waals surface area contributed by atoms with Gasteiger partial charge in [0.2, 0.25) is 0 Å². The number of hydrogen-bond donors (Lipinski definition) is 2. The van der Waals surface area contributed by atoms with E-state index in [4.69, 9.17) is 4.89 Å². The molecule has 0 amide bonds. The van der Waals surface area contributed by atoms with E-state index in [1.807, 2.05) is 12.3 Å². The molecule has 1 aliphatic heterocycles. The molecule has 0 saturated carbocycles. The minimum Gasteiger partial charge on any atom is -0.391 e. The average molecular weight is 160 g/mol. The summed E-state index contributed by atoms with van der Waals surface area (Å²) in [4.78, 5) is 8.56. The predicted octanol–water partition coefficient (Wildman–Crippen LogP) is 0.844. The first-order valence-electron chi connectivity index (χ1n) is 3.32. The third-order valence-corrected chi connectivity index (χ3v) is 2.32. The predicted molar refractivity (Wildman–Crippen MR) is 39.9 cm³/mol. The second-order valence-electron chi connectivity index (χ2n) is 2.40. The zero-order chi connectivity index (χ0) is 7.40. The molecule has 1 rings (SSSR count). The summed E-state index contributed by atoms with van der Waals surface area (Å²) in [5.74, 6) is 0.301. The van der Waals surface area contributed by atoms with Crippen molar-refractivity contribution in [1.29, 1.82) is 0 Å². The molecule has 0 radical (unpaired) electrons. The Morgan fingerprint density at radius 1 is 1.80 bits per heavy atom. The molecule has 0 aromatic carbocycles. The first-order valence-corrected chi connectivity index (χ1v) is 4.72. The van der Waals surface area contributed by atoms with Crippen molar-refractivity contribution in [3.05, 3.63) is 12.3 Å². The maximum Gasteiger partial charge on any atom is 0.506 e. The van der Waals surface area contributed by atoms with Gasteiger partial charge >= 0.3 is 8.03 Å². The summed E-state index contributed by atoms with van der Waals surface area (Å²) in [6.45, 7) is 0.921. The van der Waals surface area contributed by atoms with Gasteiger partial charge in [-0.2, -0.15) is 4.89 Å². The van der Waals surface area contributed by atoms with Crippen molar-refractivity contribution in [2.24, 2.45) is 5.92 Å². The van der Waals surface area contributed by atoms with Crippen molar-refractivity contribution in [3.63, 3.8) is 0 Å². The van der Waals surface area contributed by atoms with Gasteiger partial charge in [0, 0.05) is 12.5 Å². The van der Waals surface area contributed by atoms with Crippen LogP contribution >= 0.6 is 8.03 Å². The topological polar surface area (TPSA) is 49.3 Å². The van der Waals surface area contributed by atoms with Gasteiger partial charge in [0.15, 0.2) is 6.16 Å². The highest BCUT2D eigenvalue weighted by Crippen LogP contribution is 2.22. The van der Waals surface area contributed by atoms with Gasteiger partial charge in [0.1, 0.15) is 0 Å². The molecule has 3 nitrogen and oxygen atoms in total. The molecule has 10 heavy (non-hydrogen) atoms. The van der Waals surface area contributed by atoms with Crippen molar-refractivity contribution in [2.75, 3.05) is 12.7 Å². The fraction of sp³-hybridized carbons (Fsp3) is 0.667. The van der Waals surface area contributed by atoms with E-state index in [0.29, 0.717) is 12.1 Å². The molecule has 2 atom stereocenters. The Hall–Kier alpha value is -0.400. The van der Waals surface area contributed by atoms with Crippen molar-refractivity contribution in [2.45, 2.75) is 6.42 Å². The molecule has 0 bridgehead atoms. The van der Waals surface area contributed by atoms with Gasteiger partial charge in [-0.1, -0.05) is 6.08 Å². The Bertz CT molecular complexity index is 158. The van der Waals surface area contributed by atoms with E-state index in [-0.39, 0.29) is 0 Å². The highest BCUT2D eigenvalue weighted by molar-refractivity contribution is 7.38. The number of rotatable bonds is 2. The van der Waals surface area contributed by atoms with Crippen LogP contribution in [0, 0.1) is 5.92 Å². The largest absolute Gasteiger partial charge is 0.506 e. The highest BCUT2D eigenvalue weighted by Gasteiger charge is 2.19. The summed E-state index contributed by atoms with van der Waals surface area (Å²) in [7, 11) is -1.95. The minimum absolute atomic E-state index is 0.301. The SMILES string of the molecule is O=[P+](O)CC1C=CNCC1. The van der Waals surface area contributed by atoms with Gasteiger partial charge in [-0.15, -0.1) is 0 Å². The van der Waals surface area contributed by atoms with Gasteiger partial charge in [0.05, 0.1) is 0 Å². The summed E-state index contributed by atoms with van der Waals surface area (Å²) in [6, 6.07) is 0. The second-order valence-corrected chi connectivity index (χ2v) is 3.47. The summed E-state index contributed by atoms with van der Waals surface area (Å²) in [6.07, 6.45) is 5.19. The smallest absolute Gasteiger partial charge is 0.391 e. The van der Waals surface area contributed by atoms with Crippen molar-refractivity contribution in [3.8, 4) is 0 Å².